The summed E-state index contributed by atoms with van der Waals surface area (Å²) >= 11 is 0. The molecule has 1 saturated carbocycles. The molecule has 2 amide bonds. The lowest BCUT2D eigenvalue weighted by atomic mass is 9.95. The molecule has 1 atom stereocenters. The molecule has 1 N–H and O–H groups in total. The Bertz CT molecular complexity index is 1160. The molecule has 0 bridgehead atoms. The van der Waals surface area contributed by atoms with Crippen molar-refractivity contribution in [3.63, 3.8) is 0 Å². The zero-order valence-corrected chi connectivity index (χ0v) is 23.1. The van der Waals surface area contributed by atoms with Crippen LogP contribution in [0.4, 0.5) is 5.69 Å². The number of carbonyl (C=O) groups excluding carboxylic acids is 2. The van der Waals surface area contributed by atoms with Crippen molar-refractivity contribution >= 4 is 27.5 Å². The third-order valence-electron chi connectivity index (χ3n) is 6.95. The highest BCUT2D eigenvalue weighted by Crippen LogP contribution is 2.24. The van der Waals surface area contributed by atoms with Gasteiger partial charge in [0, 0.05) is 12.6 Å². The van der Waals surface area contributed by atoms with Crippen molar-refractivity contribution in [2.24, 2.45) is 0 Å². The summed E-state index contributed by atoms with van der Waals surface area (Å²) in [5.74, 6) is 0.0104. The van der Waals surface area contributed by atoms with Crippen molar-refractivity contribution in [2.75, 3.05) is 24.2 Å². The number of methoxy groups -OCH3 is 1. The van der Waals surface area contributed by atoms with Crippen LogP contribution in [0.25, 0.3) is 0 Å². The van der Waals surface area contributed by atoms with Gasteiger partial charge >= 0.3 is 0 Å². The molecule has 0 spiro atoms. The summed E-state index contributed by atoms with van der Waals surface area (Å²) in [5, 5.41) is 3.11. The minimum Gasteiger partial charge on any atom is -0.497 e. The van der Waals surface area contributed by atoms with Gasteiger partial charge in [-0.25, -0.2) is 8.42 Å². The number of carbonyl (C=O) groups is 2. The first-order valence-electron chi connectivity index (χ1n) is 12.9. The smallest absolute Gasteiger partial charge is 0.244 e. The number of rotatable bonds is 11. The van der Waals surface area contributed by atoms with Gasteiger partial charge in [0.1, 0.15) is 18.3 Å². The standard InChI is InChI=1S/C28H39N3O5S/c1-5-23-11-9-10-14-26(23)31(37(4,34)35)20-27(32)30(19-22-15-17-25(36-3)18-16-22)21(2)28(33)29-24-12-7-6-8-13-24/h9-11,14-18,21,24H,5-8,12-13,19-20H2,1-4H3,(H,29,33)/t21-/m0/s1. The molecule has 9 heteroatoms. The van der Waals surface area contributed by atoms with Crippen LogP contribution in [0.3, 0.4) is 0 Å². The predicted octanol–water partition coefficient (Wildman–Crippen LogP) is 3.89. The first-order valence-corrected chi connectivity index (χ1v) is 14.8. The monoisotopic (exact) mass is 529 g/mol. The first-order chi connectivity index (χ1) is 17.6. The summed E-state index contributed by atoms with van der Waals surface area (Å²) in [6.45, 7) is 3.40. The van der Waals surface area contributed by atoms with E-state index in [0.29, 0.717) is 17.9 Å². The molecule has 8 nitrogen and oxygen atoms in total. The Morgan fingerprint density at radius 1 is 1.05 bits per heavy atom. The Morgan fingerprint density at radius 2 is 1.70 bits per heavy atom. The van der Waals surface area contributed by atoms with E-state index in [1.165, 1.54) is 11.3 Å². The lowest BCUT2D eigenvalue weighted by molar-refractivity contribution is -0.139. The fraction of sp³-hybridized carbons (Fsp3) is 0.500. The lowest BCUT2D eigenvalue weighted by Crippen LogP contribution is -2.53. The molecule has 2 aromatic rings. The topological polar surface area (TPSA) is 96.0 Å². The second kappa shape index (κ2) is 12.9. The molecule has 1 aliphatic carbocycles. The Hall–Kier alpha value is -3.07. The van der Waals surface area contributed by atoms with Gasteiger partial charge in [-0.2, -0.15) is 0 Å². The van der Waals surface area contributed by atoms with E-state index in [1.807, 2.05) is 31.2 Å². The number of ether oxygens (including phenoxy) is 1. The summed E-state index contributed by atoms with van der Waals surface area (Å²) in [7, 11) is -2.18. The molecule has 0 saturated heterocycles. The van der Waals surface area contributed by atoms with E-state index in [4.69, 9.17) is 4.74 Å². The molecule has 0 unspecified atom stereocenters. The van der Waals surface area contributed by atoms with Crippen LogP contribution in [0, 0.1) is 0 Å². The molecule has 3 rings (SSSR count). The zero-order valence-electron chi connectivity index (χ0n) is 22.3. The summed E-state index contributed by atoms with van der Waals surface area (Å²) in [6.07, 6.45) is 6.90. The number of anilines is 1. The SMILES string of the molecule is CCc1ccccc1N(CC(=O)N(Cc1ccc(OC)cc1)[C@@H](C)C(=O)NC1CCCCC1)S(C)(=O)=O. The van der Waals surface area contributed by atoms with Gasteiger partial charge in [-0.15, -0.1) is 0 Å². The zero-order chi connectivity index (χ0) is 27.0. The lowest BCUT2D eigenvalue weighted by Gasteiger charge is -2.33. The van der Waals surface area contributed by atoms with E-state index in [-0.39, 0.29) is 18.5 Å². The van der Waals surface area contributed by atoms with Gasteiger partial charge < -0.3 is 15.0 Å². The third-order valence-corrected chi connectivity index (χ3v) is 8.08. The Labute approximate surface area is 221 Å². The molecule has 0 aliphatic heterocycles. The minimum absolute atomic E-state index is 0.102. The number of hydrogen-bond acceptors (Lipinski definition) is 5. The highest BCUT2D eigenvalue weighted by Gasteiger charge is 2.31. The van der Waals surface area contributed by atoms with Crippen LogP contribution in [0.2, 0.25) is 0 Å². The molecule has 1 fully saturated rings. The molecule has 0 aromatic heterocycles. The normalized spacial score (nSPS) is 15.0. The fourth-order valence-electron chi connectivity index (χ4n) is 4.73. The van der Waals surface area contributed by atoms with Gasteiger partial charge in [0.2, 0.25) is 21.8 Å². The molecular weight excluding hydrogens is 490 g/mol. The van der Waals surface area contributed by atoms with Crippen molar-refractivity contribution < 1.29 is 22.7 Å². The Balaban J connectivity index is 1.89. The average molecular weight is 530 g/mol. The number of para-hydroxylation sites is 1. The minimum atomic E-state index is -3.76. The van der Waals surface area contributed by atoms with Crippen LogP contribution in [-0.2, 0) is 32.6 Å². The van der Waals surface area contributed by atoms with Crippen LogP contribution in [0.1, 0.15) is 57.1 Å². The number of amides is 2. The van der Waals surface area contributed by atoms with E-state index < -0.39 is 28.5 Å². The summed E-state index contributed by atoms with van der Waals surface area (Å²) in [5.41, 5.74) is 2.11. The Morgan fingerprint density at radius 3 is 2.30 bits per heavy atom. The quantitative estimate of drug-likeness (QED) is 0.477. The number of sulfonamides is 1. The second-order valence-electron chi connectivity index (χ2n) is 9.64. The van der Waals surface area contributed by atoms with Crippen molar-refractivity contribution in [1.82, 2.24) is 10.2 Å². The molecule has 1 aliphatic rings. The highest BCUT2D eigenvalue weighted by molar-refractivity contribution is 7.92. The molecule has 202 valence electrons. The van der Waals surface area contributed by atoms with E-state index >= 15 is 0 Å². The van der Waals surface area contributed by atoms with Crippen molar-refractivity contribution in [1.29, 1.82) is 0 Å². The number of nitrogens with one attached hydrogen (secondary N) is 1. The van der Waals surface area contributed by atoms with E-state index in [2.05, 4.69) is 5.32 Å². The van der Waals surface area contributed by atoms with Crippen LogP contribution >= 0.6 is 0 Å². The molecule has 0 heterocycles. The largest absolute Gasteiger partial charge is 0.497 e. The number of nitrogens with zero attached hydrogens (tertiary/aromatic N) is 2. The van der Waals surface area contributed by atoms with Gasteiger partial charge in [0.15, 0.2) is 0 Å². The average Bonchev–Trinajstić information content (AvgIpc) is 2.90. The van der Waals surface area contributed by atoms with Crippen molar-refractivity contribution in [3.8, 4) is 5.75 Å². The van der Waals surface area contributed by atoms with E-state index in [0.717, 1.165) is 47.4 Å². The first kappa shape index (κ1) is 28.5. The maximum Gasteiger partial charge on any atom is 0.244 e. The van der Waals surface area contributed by atoms with Gasteiger partial charge in [-0.05, 0) is 55.5 Å². The number of hydrogen-bond donors (Lipinski definition) is 1. The maximum atomic E-state index is 13.8. The highest BCUT2D eigenvalue weighted by atomic mass is 32.2. The third kappa shape index (κ3) is 7.71. The van der Waals surface area contributed by atoms with Crippen LogP contribution in [-0.4, -0.2) is 57.1 Å². The summed E-state index contributed by atoms with van der Waals surface area (Å²) in [4.78, 5) is 28.5. The van der Waals surface area contributed by atoms with E-state index in [1.54, 1.807) is 38.3 Å². The van der Waals surface area contributed by atoms with Crippen molar-refractivity contribution in [3.05, 3.63) is 59.7 Å². The van der Waals surface area contributed by atoms with Gasteiger partial charge in [0.05, 0.1) is 19.1 Å². The van der Waals surface area contributed by atoms with Crippen LogP contribution in [0.5, 0.6) is 5.75 Å². The van der Waals surface area contributed by atoms with E-state index in [9.17, 15) is 18.0 Å². The molecule has 2 aromatic carbocycles. The second-order valence-corrected chi connectivity index (χ2v) is 11.5. The van der Waals surface area contributed by atoms with Crippen molar-refractivity contribution in [2.45, 2.75) is 71.0 Å². The van der Waals surface area contributed by atoms with Crippen LogP contribution in [0.15, 0.2) is 48.5 Å². The van der Waals surface area contributed by atoms with Gasteiger partial charge in [-0.3, -0.25) is 13.9 Å². The van der Waals surface area contributed by atoms with Gasteiger partial charge in [-0.1, -0.05) is 56.5 Å². The van der Waals surface area contributed by atoms with Crippen LogP contribution < -0.4 is 14.4 Å². The maximum absolute atomic E-state index is 13.8. The molecular formula is C28H39N3O5S. The summed E-state index contributed by atoms with van der Waals surface area (Å²) in [6, 6.07) is 13.8. The Kier molecular flexibility index (Phi) is 9.97. The predicted molar refractivity (Wildman–Crippen MR) is 146 cm³/mol. The number of aryl methyl sites for hydroxylation is 1. The molecule has 37 heavy (non-hydrogen) atoms. The number of benzene rings is 2. The van der Waals surface area contributed by atoms with Gasteiger partial charge in [0.25, 0.3) is 0 Å². The summed E-state index contributed by atoms with van der Waals surface area (Å²) < 4.78 is 32.0. The molecule has 0 radical (unpaired) electrons. The fourth-order valence-corrected chi connectivity index (χ4v) is 5.61.